The van der Waals surface area contributed by atoms with Crippen LogP contribution in [0.2, 0.25) is 0 Å². The molecule has 0 spiro atoms. The van der Waals surface area contributed by atoms with Crippen molar-refractivity contribution in [3.05, 3.63) is 120 Å². The van der Waals surface area contributed by atoms with Crippen molar-refractivity contribution in [2.45, 2.75) is 5.60 Å². The van der Waals surface area contributed by atoms with Gasteiger partial charge in [-0.15, -0.1) is 0 Å². The highest BCUT2D eigenvalue weighted by atomic mass is 16.3. The number of hydrogen-bond acceptors (Lipinski definition) is 5. The van der Waals surface area contributed by atoms with E-state index in [0.29, 0.717) is 33.8 Å². The molecule has 0 atom stereocenters. The van der Waals surface area contributed by atoms with Crippen molar-refractivity contribution in [2.24, 2.45) is 5.10 Å². The largest absolute Gasteiger partial charge is 0.455 e. The third-order valence-electron chi connectivity index (χ3n) is 5.01. The summed E-state index contributed by atoms with van der Waals surface area (Å²) in [6.45, 7) is 0. The Morgan fingerprint density at radius 1 is 0.906 bits per heavy atom. The van der Waals surface area contributed by atoms with Crippen LogP contribution in [-0.2, 0) is 10.4 Å². The highest BCUT2D eigenvalue weighted by molar-refractivity contribution is 5.91. The molecule has 1 heterocycles. The van der Waals surface area contributed by atoms with Gasteiger partial charge in [-0.1, -0.05) is 72.8 Å². The van der Waals surface area contributed by atoms with E-state index in [9.17, 15) is 15.2 Å². The molecule has 32 heavy (non-hydrogen) atoms. The summed E-state index contributed by atoms with van der Waals surface area (Å²) in [7, 11) is 0. The second-order valence-electron chi connectivity index (χ2n) is 7.00. The minimum Gasteiger partial charge on any atom is -0.455 e. The monoisotopic (exact) mass is 421 g/mol. The molecule has 1 amide bonds. The number of benzene rings is 3. The van der Waals surface area contributed by atoms with Gasteiger partial charge in [0.05, 0.1) is 17.8 Å². The van der Waals surface area contributed by atoms with Gasteiger partial charge in [0.1, 0.15) is 11.5 Å². The predicted octanol–water partition coefficient (Wildman–Crippen LogP) is 4.20. The van der Waals surface area contributed by atoms with Crippen molar-refractivity contribution in [2.75, 3.05) is 0 Å². The topological polar surface area (TPSA) is 98.6 Å². The maximum Gasteiger partial charge on any atom is 0.281 e. The second-order valence-corrected chi connectivity index (χ2v) is 7.00. The fourth-order valence-corrected chi connectivity index (χ4v) is 3.39. The lowest BCUT2D eigenvalue weighted by atomic mass is 9.85. The molecule has 0 radical (unpaired) electrons. The van der Waals surface area contributed by atoms with E-state index in [2.05, 4.69) is 16.6 Å². The SMILES string of the molecule is N#Cc1ccccc1-c1ccc(/C=N\NC(=O)C(O)(c2ccccc2)c2ccccc2)o1. The maximum atomic E-state index is 13.0. The Bertz CT molecular complexity index is 1250. The highest BCUT2D eigenvalue weighted by Gasteiger charge is 2.39. The molecular weight excluding hydrogens is 402 g/mol. The maximum absolute atomic E-state index is 13.0. The highest BCUT2D eigenvalue weighted by Crippen LogP contribution is 2.30. The molecule has 0 aliphatic heterocycles. The molecule has 0 aliphatic rings. The first kappa shape index (κ1) is 20.8. The van der Waals surface area contributed by atoms with Crippen LogP contribution in [0.3, 0.4) is 0 Å². The van der Waals surface area contributed by atoms with Gasteiger partial charge in [-0.25, -0.2) is 5.43 Å². The average Bonchev–Trinajstić information content (AvgIpc) is 3.33. The molecule has 6 heteroatoms. The second kappa shape index (κ2) is 9.13. The van der Waals surface area contributed by atoms with Gasteiger partial charge in [0.25, 0.3) is 5.91 Å². The van der Waals surface area contributed by atoms with E-state index < -0.39 is 11.5 Å². The number of rotatable bonds is 6. The summed E-state index contributed by atoms with van der Waals surface area (Å²) in [6, 6.07) is 30.0. The van der Waals surface area contributed by atoms with E-state index in [-0.39, 0.29) is 0 Å². The van der Waals surface area contributed by atoms with Crippen LogP contribution in [0.4, 0.5) is 0 Å². The summed E-state index contributed by atoms with van der Waals surface area (Å²) in [5, 5.41) is 24.6. The van der Waals surface area contributed by atoms with E-state index in [4.69, 9.17) is 4.42 Å². The standard InChI is InChI=1S/C26H19N3O3/c27-17-19-9-7-8-14-23(19)24-16-15-22(32-24)18-28-29-25(30)26(31,20-10-3-1-4-11-20)21-12-5-2-6-13-21/h1-16,18,31H,(H,29,30)/b28-18-. The summed E-state index contributed by atoms with van der Waals surface area (Å²) in [5.41, 5.74) is 2.50. The fraction of sp³-hybridized carbons (Fsp3) is 0.0385. The number of aliphatic hydroxyl groups is 1. The molecule has 3 aromatic carbocycles. The molecule has 4 aromatic rings. The molecule has 6 nitrogen and oxygen atoms in total. The van der Waals surface area contributed by atoms with E-state index in [1.165, 1.54) is 6.21 Å². The minimum atomic E-state index is -1.92. The number of nitriles is 1. The molecule has 0 fully saturated rings. The number of furan rings is 1. The Labute approximate surface area is 185 Å². The molecule has 2 N–H and O–H groups in total. The van der Waals surface area contributed by atoms with Gasteiger partial charge in [-0.2, -0.15) is 10.4 Å². The summed E-state index contributed by atoms with van der Waals surface area (Å²) in [6.07, 6.45) is 1.34. The number of carbonyl (C=O) groups is 1. The van der Waals surface area contributed by atoms with Crippen LogP contribution in [-0.4, -0.2) is 17.2 Å². The van der Waals surface area contributed by atoms with E-state index in [1.54, 1.807) is 78.9 Å². The van der Waals surface area contributed by atoms with Gasteiger partial charge in [0.15, 0.2) is 5.60 Å². The molecule has 0 saturated heterocycles. The summed E-state index contributed by atoms with van der Waals surface area (Å²) in [5.74, 6) is 0.198. The van der Waals surface area contributed by atoms with Crippen LogP contribution >= 0.6 is 0 Å². The van der Waals surface area contributed by atoms with Gasteiger partial charge < -0.3 is 9.52 Å². The van der Waals surface area contributed by atoms with Crippen molar-refractivity contribution >= 4 is 12.1 Å². The van der Waals surface area contributed by atoms with E-state index >= 15 is 0 Å². The first-order valence-corrected chi connectivity index (χ1v) is 9.89. The third-order valence-corrected chi connectivity index (χ3v) is 5.01. The molecule has 0 aliphatic carbocycles. The van der Waals surface area contributed by atoms with Gasteiger partial charge in [0, 0.05) is 5.56 Å². The number of nitrogens with zero attached hydrogens (tertiary/aromatic N) is 2. The molecule has 156 valence electrons. The van der Waals surface area contributed by atoms with Gasteiger partial charge in [0.2, 0.25) is 0 Å². The summed E-state index contributed by atoms with van der Waals surface area (Å²) < 4.78 is 5.73. The first-order valence-electron chi connectivity index (χ1n) is 9.89. The smallest absolute Gasteiger partial charge is 0.281 e. The lowest BCUT2D eigenvalue weighted by Gasteiger charge is -2.26. The van der Waals surface area contributed by atoms with Crippen molar-refractivity contribution in [3.63, 3.8) is 0 Å². The van der Waals surface area contributed by atoms with Crippen LogP contribution in [0, 0.1) is 11.3 Å². The Hall–Kier alpha value is -4.47. The zero-order valence-electron chi connectivity index (χ0n) is 17.0. The van der Waals surface area contributed by atoms with Crippen molar-refractivity contribution in [3.8, 4) is 17.4 Å². The van der Waals surface area contributed by atoms with Crippen molar-refractivity contribution in [1.29, 1.82) is 5.26 Å². The quantitative estimate of drug-likeness (QED) is 0.360. The zero-order chi connectivity index (χ0) is 22.4. The average molecular weight is 421 g/mol. The predicted molar refractivity (Wildman–Crippen MR) is 120 cm³/mol. The number of hydrogen-bond donors (Lipinski definition) is 2. The Kier molecular flexibility index (Phi) is 5.93. The first-order chi connectivity index (χ1) is 15.6. The number of carbonyl (C=O) groups excluding carboxylic acids is 1. The van der Waals surface area contributed by atoms with Crippen molar-refractivity contribution in [1.82, 2.24) is 5.43 Å². The molecule has 0 unspecified atom stereocenters. The lowest BCUT2D eigenvalue weighted by molar-refractivity contribution is -0.136. The Morgan fingerprint density at radius 2 is 1.50 bits per heavy atom. The number of amides is 1. The fourth-order valence-electron chi connectivity index (χ4n) is 3.39. The molecule has 0 bridgehead atoms. The van der Waals surface area contributed by atoms with Crippen LogP contribution in [0.1, 0.15) is 22.5 Å². The summed E-state index contributed by atoms with van der Waals surface area (Å²) in [4.78, 5) is 13.0. The van der Waals surface area contributed by atoms with Gasteiger partial charge in [-0.3, -0.25) is 4.79 Å². The van der Waals surface area contributed by atoms with Gasteiger partial charge in [-0.05, 0) is 35.4 Å². The molecular formula is C26H19N3O3. The zero-order valence-corrected chi connectivity index (χ0v) is 17.0. The summed E-state index contributed by atoms with van der Waals surface area (Å²) >= 11 is 0. The normalized spacial score (nSPS) is 11.2. The van der Waals surface area contributed by atoms with E-state index in [0.717, 1.165) is 0 Å². The van der Waals surface area contributed by atoms with Crippen LogP contribution in [0.5, 0.6) is 0 Å². The van der Waals surface area contributed by atoms with Gasteiger partial charge >= 0.3 is 0 Å². The third kappa shape index (κ3) is 4.06. The molecule has 1 aromatic heterocycles. The number of hydrazone groups is 1. The van der Waals surface area contributed by atoms with Crippen LogP contribution in [0.15, 0.2) is 107 Å². The minimum absolute atomic E-state index is 0.385. The van der Waals surface area contributed by atoms with Crippen LogP contribution in [0.25, 0.3) is 11.3 Å². The van der Waals surface area contributed by atoms with Crippen LogP contribution < -0.4 is 5.43 Å². The molecule has 0 saturated carbocycles. The Morgan fingerprint density at radius 3 is 2.12 bits per heavy atom. The van der Waals surface area contributed by atoms with Crippen molar-refractivity contribution < 1.29 is 14.3 Å². The molecule has 4 rings (SSSR count). The van der Waals surface area contributed by atoms with E-state index in [1.807, 2.05) is 18.2 Å². The number of nitrogens with one attached hydrogen (secondary N) is 1. The Balaban J connectivity index is 1.56. The lowest BCUT2D eigenvalue weighted by Crippen LogP contribution is -2.43.